The standard InChI is InChI=1S/C11H13FN2OS/c1-8(5-13)16(15)7-10-3-2-9(6-14)4-11(10)12/h2-4,8H,5,7,13H2,1H3. The molecule has 0 aliphatic carbocycles. The van der Waals surface area contributed by atoms with Crippen molar-refractivity contribution in [2.45, 2.75) is 17.9 Å². The predicted octanol–water partition coefficient (Wildman–Crippen LogP) is 1.29. The topological polar surface area (TPSA) is 66.9 Å². The van der Waals surface area contributed by atoms with Crippen LogP contribution in [0, 0.1) is 17.1 Å². The highest BCUT2D eigenvalue weighted by Gasteiger charge is 2.12. The first-order valence-electron chi connectivity index (χ1n) is 4.84. The fourth-order valence-corrected chi connectivity index (χ4v) is 2.18. The molecule has 0 saturated heterocycles. The van der Waals surface area contributed by atoms with Crippen LogP contribution in [0.5, 0.6) is 0 Å². The molecule has 0 spiro atoms. The first-order valence-corrected chi connectivity index (χ1v) is 6.22. The van der Waals surface area contributed by atoms with Crippen molar-refractivity contribution in [1.82, 2.24) is 0 Å². The van der Waals surface area contributed by atoms with Gasteiger partial charge in [-0.15, -0.1) is 0 Å². The van der Waals surface area contributed by atoms with E-state index in [1.54, 1.807) is 6.92 Å². The van der Waals surface area contributed by atoms with Gasteiger partial charge in [0.05, 0.1) is 17.4 Å². The van der Waals surface area contributed by atoms with Crippen LogP contribution in [0.1, 0.15) is 18.1 Å². The van der Waals surface area contributed by atoms with Crippen molar-refractivity contribution in [2.75, 3.05) is 6.54 Å². The maximum atomic E-state index is 13.4. The average Bonchev–Trinajstić information content (AvgIpc) is 2.30. The predicted molar refractivity (Wildman–Crippen MR) is 61.5 cm³/mol. The first-order chi connectivity index (χ1) is 7.58. The van der Waals surface area contributed by atoms with E-state index < -0.39 is 16.6 Å². The van der Waals surface area contributed by atoms with Crippen molar-refractivity contribution in [3.63, 3.8) is 0 Å². The number of nitriles is 1. The smallest absolute Gasteiger partial charge is 0.128 e. The van der Waals surface area contributed by atoms with Crippen LogP contribution in [0.15, 0.2) is 18.2 Å². The van der Waals surface area contributed by atoms with Crippen LogP contribution in [0.25, 0.3) is 0 Å². The fraction of sp³-hybridized carbons (Fsp3) is 0.364. The zero-order valence-electron chi connectivity index (χ0n) is 8.94. The Kier molecular flexibility index (Phi) is 4.59. The van der Waals surface area contributed by atoms with Gasteiger partial charge in [0, 0.05) is 28.2 Å². The molecule has 0 aliphatic heterocycles. The third-order valence-corrected chi connectivity index (χ3v) is 3.95. The molecule has 5 heteroatoms. The molecule has 0 amide bonds. The second-order valence-electron chi connectivity index (χ2n) is 3.49. The van der Waals surface area contributed by atoms with Crippen molar-refractivity contribution in [2.24, 2.45) is 5.73 Å². The van der Waals surface area contributed by atoms with Crippen LogP contribution in [-0.2, 0) is 16.6 Å². The minimum Gasteiger partial charge on any atom is -0.329 e. The molecule has 0 radical (unpaired) electrons. The molecule has 0 aliphatic rings. The molecular formula is C11H13FN2OS. The highest BCUT2D eigenvalue weighted by atomic mass is 32.2. The maximum Gasteiger partial charge on any atom is 0.128 e. The molecule has 2 atom stereocenters. The van der Waals surface area contributed by atoms with E-state index in [0.717, 1.165) is 6.07 Å². The second-order valence-corrected chi connectivity index (χ2v) is 5.34. The lowest BCUT2D eigenvalue weighted by Gasteiger charge is -2.09. The molecule has 1 aromatic carbocycles. The summed E-state index contributed by atoms with van der Waals surface area (Å²) in [5.41, 5.74) is 6.00. The lowest BCUT2D eigenvalue weighted by atomic mass is 10.1. The molecule has 0 aromatic heterocycles. The number of halogens is 1. The molecule has 0 fully saturated rings. The lowest BCUT2D eigenvalue weighted by molar-refractivity contribution is 0.614. The van der Waals surface area contributed by atoms with Gasteiger partial charge in [0.1, 0.15) is 5.82 Å². The summed E-state index contributed by atoms with van der Waals surface area (Å²) < 4.78 is 25.1. The van der Waals surface area contributed by atoms with Gasteiger partial charge in [0.25, 0.3) is 0 Å². The lowest BCUT2D eigenvalue weighted by Crippen LogP contribution is -2.23. The normalized spacial score (nSPS) is 14.1. The number of hydrogen-bond donors (Lipinski definition) is 1. The van der Waals surface area contributed by atoms with E-state index in [2.05, 4.69) is 0 Å². The van der Waals surface area contributed by atoms with Crippen LogP contribution in [-0.4, -0.2) is 16.0 Å². The Labute approximate surface area is 96.5 Å². The van der Waals surface area contributed by atoms with Crippen LogP contribution in [0.4, 0.5) is 4.39 Å². The van der Waals surface area contributed by atoms with Crippen molar-refractivity contribution in [1.29, 1.82) is 5.26 Å². The number of hydrogen-bond acceptors (Lipinski definition) is 3. The molecule has 16 heavy (non-hydrogen) atoms. The number of nitrogens with zero attached hydrogens (tertiary/aromatic N) is 1. The number of nitrogens with two attached hydrogens (primary N) is 1. The van der Waals surface area contributed by atoms with Crippen LogP contribution >= 0.6 is 0 Å². The van der Waals surface area contributed by atoms with Gasteiger partial charge in [-0.3, -0.25) is 4.21 Å². The summed E-state index contributed by atoms with van der Waals surface area (Å²) in [6.45, 7) is 2.07. The Morgan fingerprint density at radius 2 is 2.31 bits per heavy atom. The van der Waals surface area contributed by atoms with E-state index in [9.17, 15) is 8.60 Å². The summed E-state index contributed by atoms with van der Waals surface area (Å²) in [6, 6.07) is 6.01. The monoisotopic (exact) mass is 240 g/mol. The Morgan fingerprint density at radius 3 is 2.81 bits per heavy atom. The fourth-order valence-electron chi connectivity index (χ4n) is 1.14. The summed E-state index contributed by atoms with van der Waals surface area (Å²) in [7, 11) is -1.18. The molecule has 0 saturated carbocycles. The SMILES string of the molecule is CC(CN)S(=O)Cc1ccc(C#N)cc1F. The van der Waals surface area contributed by atoms with Crippen molar-refractivity contribution < 1.29 is 8.60 Å². The molecule has 2 unspecified atom stereocenters. The molecule has 2 N–H and O–H groups in total. The molecule has 1 rings (SSSR count). The Morgan fingerprint density at radius 1 is 1.62 bits per heavy atom. The van der Waals surface area contributed by atoms with E-state index in [1.165, 1.54) is 12.1 Å². The summed E-state index contributed by atoms with van der Waals surface area (Å²) in [5, 5.41) is 8.41. The molecule has 1 aromatic rings. The summed E-state index contributed by atoms with van der Waals surface area (Å²) in [6.07, 6.45) is 0. The third kappa shape index (κ3) is 3.12. The van der Waals surface area contributed by atoms with Gasteiger partial charge in [-0.1, -0.05) is 6.07 Å². The zero-order chi connectivity index (χ0) is 12.1. The summed E-state index contributed by atoms with van der Waals surface area (Å²) in [5.74, 6) is -0.354. The van der Waals surface area contributed by atoms with Gasteiger partial charge in [-0.05, 0) is 19.1 Å². The molecule has 0 bridgehead atoms. The zero-order valence-corrected chi connectivity index (χ0v) is 9.76. The van der Waals surface area contributed by atoms with E-state index in [1.807, 2.05) is 6.07 Å². The molecule has 86 valence electrons. The number of benzene rings is 1. The van der Waals surface area contributed by atoms with E-state index in [-0.39, 0.29) is 16.6 Å². The minimum atomic E-state index is -1.18. The Hall–Kier alpha value is -1.25. The second kappa shape index (κ2) is 5.73. The number of rotatable bonds is 4. The van der Waals surface area contributed by atoms with Gasteiger partial charge in [-0.2, -0.15) is 5.26 Å². The minimum absolute atomic E-state index is 0.135. The van der Waals surface area contributed by atoms with Crippen LogP contribution < -0.4 is 5.73 Å². The Bertz CT molecular complexity index is 442. The first kappa shape index (κ1) is 12.8. The van der Waals surface area contributed by atoms with Crippen molar-refractivity contribution in [3.8, 4) is 6.07 Å². The van der Waals surface area contributed by atoms with Crippen LogP contribution in [0.3, 0.4) is 0 Å². The van der Waals surface area contributed by atoms with E-state index in [0.29, 0.717) is 12.1 Å². The summed E-state index contributed by atoms with van der Waals surface area (Å²) >= 11 is 0. The van der Waals surface area contributed by atoms with E-state index >= 15 is 0 Å². The van der Waals surface area contributed by atoms with Gasteiger partial charge in [-0.25, -0.2) is 4.39 Å². The maximum absolute atomic E-state index is 13.4. The van der Waals surface area contributed by atoms with Crippen LogP contribution in [0.2, 0.25) is 0 Å². The largest absolute Gasteiger partial charge is 0.329 e. The van der Waals surface area contributed by atoms with Crippen molar-refractivity contribution in [3.05, 3.63) is 35.1 Å². The molecule has 0 heterocycles. The van der Waals surface area contributed by atoms with Gasteiger partial charge in [0.2, 0.25) is 0 Å². The van der Waals surface area contributed by atoms with E-state index in [4.69, 9.17) is 11.0 Å². The highest BCUT2D eigenvalue weighted by Crippen LogP contribution is 2.13. The van der Waals surface area contributed by atoms with Gasteiger partial charge >= 0.3 is 0 Å². The third-order valence-electron chi connectivity index (χ3n) is 2.26. The molecular weight excluding hydrogens is 227 g/mol. The van der Waals surface area contributed by atoms with Gasteiger partial charge in [0.15, 0.2) is 0 Å². The quantitative estimate of drug-likeness (QED) is 0.862. The van der Waals surface area contributed by atoms with Crippen molar-refractivity contribution >= 4 is 10.8 Å². The Balaban J connectivity index is 2.83. The average molecular weight is 240 g/mol. The summed E-state index contributed by atoms with van der Waals surface area (Å²) in [4.78, 5) is 0. The van der Waals surface area contributed by atoms with Gasteiger partial charge < -0.3 is 5.73 Å². The molecule has 3 nitrogen and oxygen atoms in total. The highest BCUT2D eigenvalue weighted by molar-refractivity contribution is 7.84.